The van der Waals surface area contributed by atoms with Crippen molar-refractivity contribution in [3.05, 3.63) is 89.0 Å². The number of amides is 2. The molecule has 0 spiro atoms. The molecule has 2 aromatic carbocycles. The Morgan fingerprint density at radius 3 is 2.24 bits per heavy atom. The van der Waals surface area contributed by atoms with E-state index < -0.39 is 0 Å². The molecule has 164 valence electrons. The molecular formula is C25H20ClN5O2. The second kappa shape index (κ2) is 7.71. The van der Waals surface area contributed by atoms with E-state index in [0.717, 1.165) is 16.8 Å². The van der Waals surface area contributed by atoms with Crippen molar-refractivity contribution in [1.29, 1.82) is 0 Å². The highest BCUT2D eigenvalue weighted by atomic mass is 35.5. The highest BCUT2D eigenvalue weighted by Crippen LogP contribution is 2.39. The highest BCUT2D eigenvalue weighted by molar-refractivity contribution is 6.30. The molecule has 8 heteroatoms. The van der Waals surface area contributed by atoms with Crippen molar-refractivity contribution in [2.75, 3.05) is 10.2 Å². The molecule has 3 aromatic rings. The fourth-order valence-electron chi connectivity index (χ4n) is 4.76. The lowest BCUT2D eigenvalue weighted by Gasteiger charge is -2.24. The summed E-state index contributed by atoms with van der Waals surface area (Å²) in [6.07, 6.45) is 7.15. The van der Waals surface area contributed by atoms with Crippen molar-refractivity contribution in [2.45, 2.75) is 18.9 Å². The summed E-state index contributed by atoms with van der Waals surface area (Å²) in [5.74, 6) is -0.514. The Kier molecular flexibility index (Phi) is 4.66. The molecule has 0 unspecified atom stereocenters. The summed E-state index contributed by atoms with van der Waals surface area (Å²) >= 11 is 6.07. The van der Waals surface area contributed by atoms with Crippen molar-refractivity contribution < 1.29 is 9.59 Å². The monoisotopic (exact) mass is 457 g/mol. The van der Waals surface area contributed by atoms with Gasteiger partial charge in [-0.3, -0.25) is 9.59 Å². The molecule has 1 aromatic heterocycles. The normalized spacial score (nSPS) is 23.7. The molecule has 7 nitrogen and oxygen atoms in total. The fraction of sp³-hybridized carbons (Fsp3) is 0.200. The van der Waals surface area contributed by atoms with Crippen LogP contribution in [0.4, 0.5) is 11.9 Å². The van der Waals surface area contributed by atoms with Gasteiger partial charge in [0, 0.05) is 10.7 Å². The number of aromatic nitrogens is 3. The van der Waals surface area contributed by atoms with Crippen molar-refractivity contribution in [3.63, 3.8) is 0 Å². The Morgan fingerprint density at radius 2 is 1.58 bits per heavy atom. The van der Waals surface area contributed by atoms with Gasteiger partial charge in [0.1, 0.15) is 6.04 Å². The maximum Gasteiger partial charge on any atom is 0.260 e. The molecule has 3 atom stereocenters. The SMILES string of the molecule is O=C1[C@@H]2CC=CC[C@H]2C(=O)N1c1nc2n(n1)[C@@H](c1ccccc1)C=C(c1ccc(Cl)cc1)N2. The number of hydrogen-bond acceptors (Lipinski definition) is 5. The van der Waals surface area contributed by atoms with Gasteiger partial charge in [0.25, 0.3) is 5.95 Å². The minimum Gasteiger partial charge on any atom is -0.324 e. The summed E-state index contributed by atoms with van der Waals surface area (Å²) in [7, 11) is 0. The lowest BCUT2D eigenvalue weighted by Crippen LogP contribution is -2.32. The van der Waals surface area contributed by atoms with Crippen LogP contribution in [-0.4, -0.2) is 26.6 Å². The number of fused-ring (bicyclic) bond motifs is 2. The Hall–Kier alpha value is -3.71. The second-order valence-corrected chi connectivity index (χ2v) is 8.85. The van der Waals surface area contributed by atoms with E-state index in [-0.39, 0.29) is 35.6 Å². The maximum atomic E-state index is 13.1. The largest absolute Gasteiger partial charge is 0.324 e. The van der Waals surface area contributed by atoms with E-state index in [1.165, 1.54) is 4.90 Å². The number of benzene rings is 2. The molecule has 0 radical (unpaired) electrons. The van der Waals surface area contributed by atoms with Crippen LogP contribution in [0, 0.1) is 11.8 Å². The summed E-state index contributed by atoms with van der Waals surface area (Å²) in [5.41, 5.74) is 2.81. The van der Waals surface area contributed by atoms with Crippen LogP contribution in [0.1, 0.15) is 30.0 Å². The van der Waals surface area contributed by atoms with Gasteiger partial charge in [-0.15, -0.1) is 5.10 Å². The van der Waals surface area contributed by atoms with Gasteiger partial charge in [0.2, 0.25) is 17.8 Å². The van der Waals surface area contributed by atoms with Crippen LogP contribution in [0.2, 0.25) is 5.02 Å². The van der Waals surface area contributed by atoms with E-state index in [0.29, 0.717) is 23.8 Å². The zero-order valence-corrected chi connectivity index (χ0v) is 18.3. The molecule has 0 saturated carbocycles. The number of anilines is 2. The Balaban J connectivity index is 1.42. The minimum absolute atomic E-state index is 0.119. The van der Waals surface area contributed by atoms with Gasteiger partial charge < -0.3 is 5.32 Å². The number of carbonyl (C=O) groups excluding carboxylic acids is 2. The first-order valence-electron chi connectivity index (χ1n) is 10.9. The summed E-state index contributed by atoms with van der Waals surface area (Å²) < 4.78 is 1.73. The van der Waals surface area contributed by atoms with Gasteiger partial charge in [-0.2, -0.15) is 4.98 Å². The Morgan fingerprint density at radius 1 is 0.909 bits per heavy atom. The Bertz CT molecular complexity index is 1290. The van der Waals surface area contributed by atoms with Gasteiger partial charge in [-0.05, 0) is 42.2 Å². The molecule has 1 saturated heterocycles. The van der Waals surface area contributed by atoms with Gasteiger partial charge >= 0.3 is 0 Å². The van der Waals surface area contributed by atoms with Crippen molar-refractivity contribution in [2.24, 2.45) is 11.8 Å². The van der Waals surface area contributed by atoms with Gasteiger partial charge in [-0.25, -0.2) is 9.58 Å². The second-order valence-electron chi connectivity index (χ2n) is 8.42. The first kappa shape index (κ1) is 19.9. The molecule has 6 rings (SSSR count). The Labute approximate surface area is 195 Å². The molecule has 1 N–H and O–H groups in total. The molecular weight excluding hydrogens is 438 g/mol. The van der Waals surface area contributed by atoms with E-state index >= 15 is 0 Å². The average Bonchev–Trinajstić information content (AvgIpc) is 3.38. The predicted octanol–water partition coefficient (Wildman–Crippen LogP) is 4.44. The third kappa shape index (κ3) is 3.27. The van der Waals surface area contributed by atoms with Crippen LogP contribution in [0.25, 0.3) is 5.70 Å². The first-order chi connectivity index (χ1) is 16.1. The van der Waals surface area contributed by atoms with Crippen LogP contribution in [0.3, 0.4) is 0 Å². The van der Waals surface area contributed by atoms with Crippen molar-refractivity contribution in [3.8, 4) is 0 Å². The zero-order valence-electron chi connectivity index (χ0n) is 17.6. The number of imide groups is 1. The average molecular weight is 458 g/mol. The topological polar surface area (TPSA) is 80.1 Å². The summed E-state index contributed by atoms with van der Waals surface area (Å²) in [6, 6.07) is 17.2. The highest BCUT2D eigenvalue weighted by Gasteiger charge is 2.49. The van der Waals surface area contributed by atoms with Gasteiger partial charge in [0.05, 0.1) is 11.8 Å². The zero-order chi connectivity index (χ0) is 22.5. The van der Waals surface area contributed by atoms with Gasteiger partial charge in [0.15, 0.2) is 0 Å². The van der Waals surface area contributed by atoms with Gasteiger partial charge in [-0.1, -0.05) is 66.2 Å². The smallest absolute Gasteiger partial charge is 0.260 e. The molecule has 2 aliphatic heterocycles. The van der Waals surface area contributed by atoms with Crippen LogP contribution < -0.4 is 10.2 Å². The molecule has 1 aliphatic carbocycles. The summed E-state index contributed by atoms with van der Waals surface area (Å²) in [5, 5.41) is 8.60. The van der Waals surface area contributed by atoms with E-state index in [9.17, 15) is 9.59 Å². The van der Waals surface area contributed by atoms with E-state index in [2.05, 4.69) is 21.5 Å². The quantitative estimate of drug-likeness (QED) is 0.464. The standard InChI is InChI=1S/C25H20ClN5O2/c26-17-12-10-15(11-13-17)20-14-21(16-6-2-1-3-7-16)31-24(27-20)28-25(29-31)30-22(32)18-8-4-5-9-19(18)23(30)33/h1-7,10-14,18-19,21H,8-9H2,(H,27,28,29)/t18-,19-,21-/m1/s1. The number of nitrogens with zero attached hydrogens (tertiary/aromatic N) is 4. The minimum atomic E-state index is -0.330. The van der Waals surface area contributed by atoms with Crippen LogP contribution >= 0.6 is 11.6 Å². The first-order valence-corrected chi connectivity index (χ1v) is 11.3. The molecule has 3 heterocycles. The van der Waals surface area contributed by atoms with E-state index in [1.54, 1.807) is 4.68 Å². The number of halogens is 1. The van der Waals surface area contributed by atoms with Crippen LogP contribution in [0.15, 0.2) is 72.8 Å². The third-order valence-corrected chi connectivity index (χ3v) is 6.71. The summed E-state index contributed by atoms with van der Waals surface area (Å²) in [6.45, 7) is 0. The van der Waals surface area contributed by atoms with Crippen LogP contribution in [0.5, 0.6) is 0 Å². The van der Waals surface area contributed by atoms with E-state index in [4.69, 9.17) is 11.6 Å². The summed E-state index contributed by atoms with van der Waals surface area (Å²) in [4.78, 5) is 31.9. The predicted molar refractivity (Wildman–Crippen MR) is 126 cm³/mol. The van der Waals surface area contributed by atoms with Crippen molar-refractivity contribution in [1.82, 2.24) is 14.8 Å². The number of nitrogens with one attached hydrogen (secondary N) is 1. The van der Waals surface area contributed by atoms with Crippen molar-refractivity contribution >= 4 is 41.0 Å². The molecule has 0 bridgehead atoms. The van der Waals surface area contributed by atoms with Crippen LogP contribution in [-0.2, 0) is 9.59 Å². The number of rotatable bonds is 3. The fourth-order valence-corrected chi connectivity index (χ4v) is 4.89. The number of carbonyl (C=O) groups is 2. The molecule has 2 amide bonds. The number of allylic oxidation sites excluding steroid dienone is 3. The third-order valence-electron chi connectivity index (χ3n) is 6.46. The number of hydrogen-bond donors (Lipinski definition) is 1. The molecule has 1 fully saturated rings. The lowest BCUT2D eigenvalue weighted by molar-refractivity contribution is -0.122. The molecule has 33 heavy (non-hydrogen) atoms. The lowest BCUT2D eigenvalue weighted by atomic mass is 9.85. The molecule has 3 aliphatic rings. The van der Waals surface area contributed by atoms with E-state index in [1.807, 2.05) is 66.7 Å². The maximum absolute atomic E-state index is 13.1.